The van der Waals surface area contributed by atoms with Gasteiger partial charge in [0.2, 0.25) is 0 Å². The van der Waals surface area contributed by atoms with E-state index in [2.05, 4.69) is 68.7 Å². The molecule has 1 atom stereocenters. The minimum absolute atomic E-state index is 0.649. The second-order valence-electron chi connectivity index (χ2n) is 4.85. The number of aryl methyl sites for hydroxylation is 2. The molecular weight excluding hydrogens is 206 g/mol. The third-order valence-electron chi connectivity index (χ3n) is 3.60. The van der Waals surface area contributed by atoms with Crippen molar-refractivity contribution in [3.63, 3.8) is 0 Å². The normalized spacial score (nSPS) is 12.7. The Morgan fingerprint density at radius 1 is 0.941 bits per heavy atom. The van der Waals surface area contributed by atoms with Crippen LogP contribution in [0.5, 0.6) is 0 Å². The second kappa shape index (κ2) is 4.79. The molecule has 1 heterocycles. The quantitative estimate of drug-likeness (QED) is 0.721. The van der Waals surface area contributed by atoms with E-state index in [4.69, 9.17) is 0 Å². The summed E-state index contributed by atoms with van der Waals surface area (Å²) >= 11 is 0. The number of nitrogens with zero attached hydrogens (tertiary/aromatic N) is 1. The van der Waals surface area contributed by atoms with E-state index in [1.54, 1.807) is 0 Å². The van der Waals surface area contributed by atoms with Gasteiger partial charge in [0.1, 0.15) is 0 Å². The summed E-state index contributed by atoms with van der Waals surface area (Å²) < 4.78 is 2.29. The maximum atomic E-state index is 2.29. The van der Waals surface area contributed by atoms with Crippen LogP contribution in [-0.4, -0.2) is 4.57 Å². The van der Waals surface area contributed by atoms with Crippen molar-refractivity contribution >= 4 is 0 Å². The van der Waals surface area contributed by atoms with E-state index in [1.807, 2.05) is 0 Å². The van der Waals surface area contributed by atoms with Crippen molar-refractivity contribution < 1.29 is 0 Å². The van der Waals surface area contributed by atoms with Crippen LogP contribution in [0.2, 0.25) is 0 Å². The fourth-order valence-corrected chi connectivity index (χ4v) is 2.26. The van der Waals surface area contributed by atoms with Crippen molar-refractivity contribution in [3.8, 4) is 5.69 Å². The van der Waals surface area contributed by atoms with E-state index in [-0.39, 0.29) is 0 Å². The van der Waals surface area contributed by atoms with Crippen molar-refractivity contribution in [2.75, 3.05) is 0 Å². The summed E-state index contributed by atoms with van der Waals surface area (Å²) in [6.45, 7) is 8.81. The van der Waals surface area contributed by atoms with Crippen molar-refractivity contribution in [2.24, 2.45) is 0 Å². The van der Waals surface area contributed by atoms with E-state index >= 15 is 0 Å². The lowest BCUT2D eigenvalue weighted by atomic mass is 9.98. The average Bonchev–Trinajstić information content (AvgIpc) is 2.68. The fourth-order valence-electron chi connectivity index (χ4n) is 2.26. The Hall–Kier alpha value is -1.50. The molecule has 0 bridgehead atoms. The third-order valence-corrected chi connectivity index (χ3v) is 3.60. The summed E-state index contributed by atoms with van der Waals surface area (Å²) in [6.07, 6.45) is 1.20. The second-order valence-corrected chi connectivity index (χ2v) is 4.85. The van der Waals surface area contributed by atoms with E-state index in [0.717, 1.165) is 0 Å². The van der Waals surface area contributed by atoms with Gasteiger partial charge < -0.3 is 4.57 Å². The van der Waals surface area contributed by atoms with Crippen LogP contribution in [0.4, 0.5) is 0 Å². The molecule has 0 aliphatic carbocycles. The zero-order valence-corrected chi connectivity index (χ0v) is 11.2. The zero-order chi connectivity index (χ0) is 12.4. The van der Waals surface area contributed by atoms with Gasteiger partial charge in [0.25, 0.3) is 0 Å². The molecule has 90 valence electrons. The molecule has 0 fully saturated rings. The molecule has 0 aliphatic heterocycles. The van der Waals surface area contributed by atoms with E-state index in [9.17, 15) is 0 Å². The highest BCUT2D eigenvalue weighted by atomic mass is 15.0. The highest BCUT2D eigenvalue weighted by Gasteiger charge is 2.05. The Morgan fingerprint density at radius 2 is 1.47 bits per heavy atom. The average molecular weight is 227 g/mol. The lowest BCUT2D eigenvalue weighted by Gasteiger charge is -2.12. The predicted molar refractivity (Wildman–Crippen MR) is 73.9 cm³/mol. The number of hydrogen-bond acceptors (Lipinski definition) is 0. The first-order valence-corrected chi connectivity index (χ1v) is 6.38. The molecular formula is C16H21N. The van der Waals surface area contributed by atoms with Gasteiger partial charge in [0.05, 0.1) is 0 Å². The van der Waals surface area contributed by atoms with Crippen molar-refractivity contribution in [1.29, 1.82) is 0 Å². The smallest absolute Gasteiger partial charge is 0.0455 e. The van der Waals surface area contributed by atoms with Gasteiger partial charge in [-0.2, -0.15) is 0 Å². The maximum Gasteiger partial charge on any atom is 0.0455 e. The fraction of sp³-hybridized carbons (Fsp3) is 0.375. The summed E-state index contributed by atoms with van der Waals surface area (Å²) in [6, 6.07) is 13.3. The molecule has 0 N–H and O–H groups in total. The van der Waals surface area contributed by atoms with E-state index in [0.29, 0.717) is 5.92 Å². The van der Waals surface area contributed by atoms with Gasteiger partial charge >= 0.3 is 0 Å². The highest BCUT2D eigenvalue weighted by molar-refractivity contribution is 5.40. The Bertz CT molecular complexity index is 471. The third kappa shape index (κ3) is 2.28. The van der Waals surface area contributed by atoms with Crippen LogP contribution in [-0.2, 0) is 0 Å². The SMILES string of the molecule is CCC(C)c1ccc(-n2c(C)ccc2C)cc1. The highest BCUT2D eigenvalue weighted by Crippen LogP contribution is 2.22. The molecule has 17 heavy (non-hydrogen) atoms. The van der Waals surface area contributed by atoms with Crippen LogP contribution < -0.4 is 0 Å². The Balaban J connectivity index is 2.36. The van der Waals surface area contributed by atoms with Gasteiger partial charge in [0.15, 0.2) is 0 Å². The molecule has 1 aromatic carbocycles. The number of rotatable bonds is 3. The minimum Gasteiger partial charge on any atom is -0.319 e. The molecule has 1 aromatic heterocycles. The molecule has 0 radical (unpaired) electrons. The van der Waals surface area contributed by atoms with Crippen LogP contribution >= 0.6 is 0 Å². The van der Waals surface area contributed by atoms with Gasteiger partial charge in [-0.3, -0.25) is 0 Å². The first kappa shape index (κ1) is 12.0. The van der Waals surface area contributed by atoms with Crippen molar-refractivity contribution in [3.05, 3.63) is 53.3 Å². The topological polar surface area (TPSA) is 4.93 Å². The molecule has 0 spiro atoms. The number of aromatic nitrogens is 1. The van der Waals surface area contributed by atoms with Crippen LogP contribution in [0.1, 0.15) is 43.1 Å². The summed E-state index contributed by atoms with van der Waals surface area (Å²) in [5, 5.41) is 0. The van der Waals surface area contributed by atoms with Gasteiger partial charge in [-0.05, 0) is 56.0 Å². The maximum absolute atomic E-state index is 2.29. The van der Waals surface area contributed by atoms with Crippen LogP contribution in [0, 0.1) is 13.8 Å². The molecule has 0 saturated heterocycles. The number of benzene rings is 1. The lowest BCUT2D eigenvalue weighted by Crippen LogP contribution is -1.99. The summed E-state index contributed by atoms with van der Waals surface area (Å²) in [4.78, 5) is 0. The van der Waals surface area contributed by atoms with Gasteiger partial charge in [-0.25, -0.2) is 0 Å². The van der Waals surface area contributed by atoms with Crippen molar-refractivity contribution in [1.82, 2.24) is 4.57 Å². The summed E-state index contributed by atoms with van der Waals surface area (Å²) in [7, 11) is 0. The lowest BCUT2D eigenvalue weighted by molar-refractivity contribution is 0.733. The first-order valence-electron chi connectivity index (χ1n) is 6.38. The van der Waals surface area contributed by atoms with E-state index in [1.165, 1.54) is 29.1 Å². The van der Waals surface area contributed by atoms with Gasteiger partial charge in [-0.1, -0.05) is 26.0 Å². The minimum atomic E-state index is 0.649. The Labute approximate surface area is 104 Å². The molecule has 0 amide bonds. The monoisotopic (exact) mass is 227 g/mol. The van der Waals surface area contributed by atoms with Crippen LogP contribution in [0.15, 0.2) is 36.4 Å². The van der Waals surface area contributed by atoms with Gasteiger partial charge in [0, 0.05) is 17.1 Å². The number of hydrogen-bond donors (Lipinski definition) is 0. The van der Waals surface area contributed by atoms with Crippen LogP contribution in [0.3, 0.4) is 0 Å². The van der Waals surface area contributed by atoms with E-state index < -0.39 is 0 Å². The molecule has 2 aromatic rings. The molecule has 2 rings (SSSR count). The van der Waals surface area contributed by atoms with Crippen molar-refractivity contribution in [2.45, 2.75) is 40.0 Å². The van der Waals surface area contributed by atoms with Gasteiger partial charge in [-0.15, -0.1) is 0 Å². The molecule has 0 saturated carbocycles. The molecule has 0 aliphatic rings. The Kier molecular flexibility index (Phi) is 3.37. The van der Waals surface area contributed by atoms with Crippen LogP contribution in [0.25, 0.3) is 5.69 Å². The molecule has 1 heteroatoms. The predicted octanol–water partition coefficient (Wildman–Crippen LogP) is 4.61. The largest absolute Gasteiger partial charge is 0.319 e. The summed E-state index contributed by atoms with van der Waals surface area (Å²) in [5.74, 6) is 0.649. The first-order chi connectivity index (χ1) is 8.13. The Morgan fingerprint density at radius 3 is 1.94 bits per heavy atom. The summed E-state index contributed by atoms with van der Waals surface area (Å²) in [5.41, 5.74) is 5.27. The zero-order valence-electron chi connectivity index (χ0n) is 11.2. The molecule has 1 nitrogen and oxygen atoms in total. The standard InChI is InChI=1S/C16H21N/c1-5-12(2)15-8-10-16(11-9-15)17-13(3)6-7-14(17)4/h6-12H,5H2,1-4H3. The molecule has 1 unspecified atom stereocenters.